The third kappa shape index (κ3) is 2.17. The van der Waals surface area contributed by atoms with Gasteiger partial charge in [0.15, 0.2) is 0 Å². The fraction of sp³-hybridized carbons (Fsp3) is 0.556. The molecule has 1 aliphatic rings. The van der Waals surface area contributed by atoms with Gasteiger partial charge in [0.2, 0.25) is 0 Å². The molecule has 0 bridgehead atoms. The van der Waals surface area contributed by atoms with Crippen LogP contribution in [0.3, 0.4) is 0 Å². The number of likely N-dealkylation sites (tertiary alicyclic amines) is 1. The van der Waals surface area contributed by atoms with Crippen molar-refractivity contribution in [1.29, 1.82) is 0 Å². The Balaban J connectivity index is 2.07. The molecule has 1 saturated heterocycles. The number of carbonyl (C=O) groups excluding carboxylic acids is 1. The molecule has 0 spiro atoms. The third-order valence-electron chi connectivity index (χ3n) is 2.40. The van der Waals surface area contributed by atoms with Gasteiger partial charge in [-0.05, 0) is 6.42 Å². The molecule has 1 aromatic heterocycles. The van der Waals surface area contributed by atoms with E-state index in [-0.39, 0.29) is 12.0 Å². The van der Waals surface area contributed by atoms with Crippen LogP contribution < -0.4 is 5.73 Å². The van der Waals surface area contributed by atoms with Crippen LogP contribution in [0.2, 0.25) is 0 Å². The lowest BCUT2D eigenvalue weighted by Gasteiger charge is -2.13. The van der Waals surface area contributed by atoms with E-state index in [4.69, 9.17) is 5.73 Å². The summed E-state index contributed by atoms with van der Waals surface area (Å²) in [5, 5.41) is 11.8. The maximum absolute atomic E-state index is 11.8. The molecular formula is C9H13N3O2S. The molecule has 15 heavy (non-hydrogen) atoms. The van der Waals surface area contributed by atoms with Crippen LogP contribution in [-0.2, 0) is 6.54 Å². The fourth-order valence-electron chi connectivity index (χ4n) is 1.59. The molecule has 0 aliphatic carbocycles. The monoisotopic (exact) mass is 227 g/mol. The average Bonchev–Trinajstić information content (AvgIpc) is 2.84. The molecule has 2 heterocycles. The summed E-state index contributed by atoms with van der Waals surface area (Å²) in [7, 11) is 0. The minimum atomic E-state index is -0.387. The van der Waals surface area contributed by atoms with E-state index in [0.29, 0.717) is 31.7 Å². The largest absolute Gasteiger partial charge is 0.391 e. The molecule has 82 valence electrons. The summed E-state index contributed by atoms with van der Waals surface area (Å²) < 4.78 is 0. The quantitative estimate of drug-likeness (QED) is 0.734. The maximum atomic E-state index is 11.8. The first-order valence-electron chi connectivity index (χ1n) is 4.82. The highest BCUT2D eigenvalue weighted by Gasteiger charge is 2.26. The third-order valence-corrected chi connectivity index (χ3v) is 3.27. The maximum Gasteiger partial charge on any atom is 0.273 e. The number of β-amino-alcohol motifs (C(OH)–C–C–N with tert-alkyl or cyclic N) is 1. The number of aromatic nitrogens is 1. The lowest BCUT2D eigenvalue weighted by atomic mass is 10.3. The molecule has 1 amide bonds. The number of hydrogen-bond donors (Lipinski definition) is 2. The van der Waals surface area contributed by atoms with Crippen LogP contribution >= 0.6 is 11.3 Å². The van der Waals surface area contributed by atoms with Gasteiger partial charge in [-0.1, -0.05) is 0 Å². The lowest BCUT2D eigenvalue weighted by molar-refractivity contribution is 0.0760. The molecule has 6 heteroatoms. The van der Waals surface area contributed by atoms with Crippen LogP contribution in [0.5, 0.6) is 0 Å². The standard InChI is InChI=1S/C9H13N3O2S/c10-3-8-11-7(5-15-8)9(14)12-2-1-6(13)4-12/h5-6,13H,1-4,10H2. The van der Waals surface area contributed by atoms with Gasteiger partial charge in [-0.25, -0.2) is 4.98 Å². The first-order valence-corrected chi connectivity index (χ1v) is 5.70. The number of nitrogens with two attached hydrogens (primary N) is 1. The first-order chi connectivity index (χ1) is 7.20. The second kappa shape index (κ2) is 4.26. The lowest BCUT2D eigenvalue weighted by Crippen LogP contribution is -2.29. The predicted molar refractivity (Wildman–Crippen MR) is 56.5 cm³/mol. The summed E-state index contributed by atoms with van der Waals surface area (Å²) in [6.07, 6.45) is 0.265. The van der Waals surface area contributed by atoms with Gasteiger partial charge in [-0.3, -0.25) is 4.79 Å². The highest BCUT2D eigenvalue weighted by atomic mass is 32.1. The van der Waals surface area contributed by atoms with E-state index < -0.39 is 0 Å². The summed E-state index contributed by atoms with van der Waals surface area (Å²) in [6.45, 7) is 1.38. The Morgan fingerprint density at radius 2 is 2.60 bits per heavy atom. The Morgan fingerprint density at radius 1 is 1.80 bits per heavy atom. The molecule has 1 fully saturated rings. The number of hydrogen-bond acceptors (Lipinski definition) is 5. The molecule has 1 unspecified atom stereocenters. The van der Waals surface area contributed by atoms with Crippen molar-refractivity contribution in [2.75, 3.05) is 13.1 Å². The van der Waals surface area contributed by atoms with Crippen molar-refractivity contribution in [2.45, 2.75) is 19.1 Å². The van der Waals surface area contributed by atoms with Crippen LogP contribution in [0.4, 0.5) is 0 Å². The van der Waals surface area contributed by atoms with E-state index in [9.17, 15) is 9.90 Å². The van der Waals surface area contributed by atoms with Crippen molar-refractivity contribution in [2.24, 2.45) is 5.73 Å². The van der Waals surface area contributed by atoms with Crippen molar-refractivity contribution in [3.8, 4) is 0 Å². The molecule has 0 radical (unpaired) electrons. The highest BCUT2D eigenvalue weighted by Crippen LogP contribution is 2.15. The minimum absolute atomic E-state index is 0.109. The van der Waals surface area contributed by atoms with E-state index in [0.717, 1.165) is 5.01 Å². The number of aliphatic hydroxyl groups is 1. The Morgan fingerprint density at radius 3 is 3.13 bits per heavy atom. The van der Waals surface area contributed by atoms with Crippen molar-refractivity contribution in [3.05, 3.63) is 16.1 Å². The molecule has 1 aliphatic heterocycles. The Hall–Kier alpha value is -0.980. The number of thiazole rings is 1. The summed E-state index contributed by atoms with van der Waals surface area (Å²) in [5.74, 6) is -0.109. The minimum Gasteiger partial charge on any atom is -0.391 e. The number of nitrogens with zero attached hydrogens (tertiary/aromatic N) is 2. The SMILES string of the molecule is NCc1nc(C(=O)N2CCC(O)C2)cs1. The molecule has 1 atom stereocenters. The summed E-state index contributed by atoms with van der Waals surface area (Å²) >= 11 is 1.39. The van der Waals surface area contributed by atoms with Crippen LogP contribution in [0, 0.1) is 0 Å². The number of amides is 1. The Kier molecular flexibility index (Phi) is 2.99. The zero-order valence-electron chi connectivity index (χ0n) is 8.22. The van der Waals surface area contributed by atoms with Gasteiger partial charge < -0.3 is 15.7 Å². The van der Waals surface area contributed by atoms with Gasteiger partial charge in [-0.2, -0.15) is 0 Å². The first kappa shape index (κ1) is 10.5. The summed E-state index contributed by atoms with van der Waals surface area (Å²) in [5.41, 5.74) is 5.86. The van der Waals surface area contributed by atoms with Crippen molar-refractivity contribution in [1.82, 2.24) is 9.88 Å². The molecule has 1 aromatic rings. The number of carbonyl (C=O) groups is 1. The van der Waals surface area contributed by atoms with E-state index in [1.54, 1.807) is 10.3 Å². The summed E-state index contributed by atoms with van der Waals surface area (Å²) in [4.78, 5) is 17.6. The molecule has 0 aromatic carbocycles. The number of rotatable bonds is 2. The second-order valence-electron chi connectivity index (χ2n) is 3.52. The van der Waals surface area contributed by atoms with E-state index in [1.165, 1.54) is 11.3 Å². The van der Waals surface area contributed by atoms with Gasteiger partial charge in [-0.15, -0.1) is 11.3 Å². The van der Waals surface area contributed by atoms with Crippen LogP contribution in [-0.4, -0.2) is 40.1 Å². The van der Waals surface area contributed by atoms with Crippen LogP contribution in [0.1, 0.15) is 21.9 Å². The van der Waals surface area contributed by atoms with Crippen molar-refractivity contribution < 1.29 is 9.90 Å². The van der Waals surface area contributed by atoms with Crippen LogP contribution in [0.15, 0.2) is 5.38 Å². The molecule has 5 nitrogen and oxygen atoms in total. The van der Waals surface area contributed by atoms with Gasteiger partial charge in [0.25, 0.3) is 5.91 Å². The zero-order chi connectivity index (χ0) is 10.8. The van der Waals surface area contributed by atoms with Gasteiger partial charge in [0, 0.05) is 25.0 Å². The van der Waals surface area contributed by atoms with Crippen molar-refractivity contribution in [3.63, 3.8) is 0 Å². The average molecular weight is 227 g/mol. The fourth-order valence-corrected chi connectivity index (χ4v) is 2.24. The van der Waals surface area contributed by atoms with E-state index in [1.807, 2.05) is 0 Å². The smallest absolute Gasteiger partial charge is 0.273 e. The Labute approximate surface area is 91.5 Å². The second-order valence-corrected chi connectivity index (χ2v) is 4.47. The molecule has 0 saturated carbocycles. The van der Waals surface area contributed by atoms with Gasteiger partial charge in [0.05, 0.1) is 6.10 Å². The van der Waals surface area contributed by atoms with E-state index in [2.05, 4.69) is 4.98 Å². The predicted octanol–water partition coefficient (Wildman–Crippen LogP) is -0.191. The van der Waals surface area contributed by atoms with E-state index >= 15 is 0 Å². The van der Waals surface area contributed by atoms with Crippen LogP contribution in [0.25, 0.3) is 0 Å². The summed E-state index contributed by atoms with van der Waals surface area (Å²) in [6, 6.07) is 0. The zero-order valence-corrected chi connectivity index (χ0v) is 9.04. The van der Waals surface area contributed by atoms with Gasteiger partial charge >= 0.3 is 0 Å². The number of aliphatic hydroxyl groups excluding tert-OH is 1. The van der Waals surface area contributed by atoms with Crippen molar-refractivity contribution >= 4 is 17.2 Å². The highest BCUT2D eigenvalue weighted by molar-refractivity contribution is 7.09. The topological polar surface area (TPSA) is 79.5 Å². The normalized spacial score (nSPS) is 20.9. The molecule has 3 N–H and O–H groups in total. The van der Waals surface area contributed by atoms with Gasteiger partial charge in [0.1, 0.15) is 10.7 Å². The molecule has 2 rings (SSSR count). The molecular weight excluding hydrogens is 214 g/mol. The Bertz CT molecular complexity index is 366.